The quantitative estimate of drug-likeness (QED) is 0.0270. The Morgan fingerprint density at radius 2 is 1.45 bits per heavy atom. The Bertz CT molecular complexity index is 2420. The molecule has 0 saturated heterocycles. The second kappa shape index (κ2) is 23.7. The molecule has 3 rings (SSSR count). The second-order valence-electron chi connectivity index (χ2n) is 12.3. The molecule has 1 aliphatic rings. The van der Waals surface area contributed by atoms with Crippen LogP contribution in [-0.4, -0.2) is 65.9 Å². The molecule has 0 saturated carbocycles. The lowest BCUT2D eigenvalue weighted by Gasteiger charge is -2.27. The van der Waals surface area contributed by atoms with Crippen molar-refractivity contribution in [3.8, 4) is 30.3 Å². The van der Waals surface area contributed by atoms with Gasteiger partial charge in [0.25, 0.3) is 5.70 Å². The smallest absolute Gasteiger partial charge is 0.335 e. The Morgan fingerprint density at radius 1 is 0.833 bits per heavy atom. The highest BCUT2D eigenvalue weighted by molar-refractivity contribution is 5.91. The third-order valence-corrected chi connectivity index (χ3v) is 8.65. The molecular formula is C45H37N7O8. The minimum absolute atomic E-state index is 0.00790. The molecule has 0 aliphatic heterocycles. The van der Waals surface area contributed by atoms with E-state index in [-0.39, 0.29) is 77.6 Å². The number of aromatic carboxylic acids is 2. The van der Waals surface area contributed by atoms with E-state index in [0.717, 1.165) is 0 Å². The van der Waals surface area contributed by atoms with E-state index in [0.29, 0.717) is 35.2 Å². The summed E-state index contributed by atoms with van der Waals surface area (Å²) < 4.78 is 5.26. The van der Waals surface area contributed by atoms with Crippen molar-refractivity contribution < 1.29 is 39.1 Å². The highest BCUT2D eigenvalue weighted by Crippen LogP contribution is 2.36. The van der Waals surface area contributed by atoms with Crippen LogP contribution < -0.4 is 0 Å². The monoisotopic (exact) mass is 803 g/mol. The summed E-state index contributed by atoms with van der Waals surface area (Å²) in [6.07, 6.45) is 10.2. The van der Waals surface area contributed by atoms with Gasteiger partial charge in [0.15, 0.2) is 5.92 Å². The van der Waals surface area contributed by atoms with Gasteiger partial charge in [-0.25, -0.2) is 29.5 Å². The van der Waals surface area contributed by atoms with E-state index < -0.39 is 23.8 Å². The van der Waals surface area contributed by atoms with Gasteiger partial charge in [0.1, 0.15) is 6.54 Å². The average molecular weight is 804 g/mol. The average Bonchev–Trinajstić information content (AvgIpc) is 3.66. The molecule has 2 aromatic rings. The zero-order valence-electron chi connectivity index (χ0n) is 32.6. The highest BCUT2D eigenvalue weighted by atomic mass is 17.2. The molecular weight excluding hydrogens is 767 g/mol. The number of carbonyl (C=O) groups is 3. The molecule has 0 bridgehead atoms. The molecule has 60 heavy (non-hydrogen) atoms. The summed E-state index contributed by atoms with van der Waals surface area (Å²) in [5.41, 5.74) is 2.18. The zero-order valence-corrected chi connectivity index (χ0v) is 32.6. The fourth-order valence-electron chi connectivity index (χ4n) is 6.01. The van der Waals surface area contributed by atoms with Gasteiger partial charge in [0.05, 0.1) is 79.0 Å². The van der Waals surface area contributed by atoms with E-state index in [4.69, 9.17) is 21.1 Å². The Labute approximate surface area is 346 Å². The van der Waals surface area contributed by atoms with Crippen LogP contribution in [0.2, 0.25) is 0 Å². The van der Waals surface area contributed by atoms with Gasteiger partial charge in [-0.2, -0.15) is 21.0 Å². The number of ether oxygens (including phenoxy) is 1. The topological polar surface area (TPSA) is 246 Å². The third kappa shape index (κ3) is 12.3. The number of carbonyl (C=O) groups excluding carboxylic acids is 1. The predicted octanol–water partition coefficient (Wildman–Crippen LogP) is 7.25. The highest BCUT2D eigenvalue weighted by Gasteiger charge is 2.26. The van der Waals surface area contributed by atoms with E-state index in [9.17, 15) is 50.9 Å². The van der Waals surface area contributed by atoms with Gasteiger partial charge < -0.3 is 19.8 Å². The normalized spacial score (nSPS) is 14.0. The van der Waals surface area contributed by atoms with Crippen LogP contribution in [-0.2, 0) is 19.3 Å². The van der Waals surface area contributed by atoms with Gasteiger partial charge in [0.2, 0.25) is 0 Å². The Kier molecular flexibility index (Phi) is 18.2. The standard InChI is InChI=1S/C45H37N7O8/c1-4-58-40(53)29-52(22-23-60-59-5-2)43-32(8-6-10-36(24-46)41(38(26-48)27-49)30-12-18-34(19-13-30)44(54)55)16-17-33(43)9-7-11-37(25-47)42(39(28-50)51-3)31-14-20-35(21-15-31)45(56)57/h6-15,18-21,38H,4-5,16-17,22-23,29H2,1-2H3,(H,54,55)(H,56,57)/b9-7+,10-6+,32-8+,37-11+,41-36-,42-39+. The largest absolute Gasteiger partial charge is 0.478 e. The molecule has 2 N–H and O–H groups in total. The summed E-state index contributed by atoms with van der Waals surface area (Å²) in [5.74, 6) is -4.24. The van der Waals surface area contributed by atoms with Crippen LogP contribution >= 0.6 is 0 Å². The van der Waals surface area contributed by atoms with Gasteiger partial charge in [-0.15, -0.1) is 0 Å². The van der Waals surface area contributed by atoms with Gasteiger partial charge in [-0.3, -0.25) is 4.79 Å². The molecule has 0 aromatic heterocycles. The van der Waals surface area contributed by atoms with Gasteiger partial charge in [-0.05, 0) is 85.4 Å². The SMILES string of the molecule is [C-]#[N+]/C(C#N)=C(/C(C#N)=C/C=C/C1=C(N(CCOOCC)CC(=O)OCC)C(=C/C=C/C(C#N)=C(\c2ccc(C(=O)O)cc2)C(C#N)C#N)/CC1)c1ccc(C(=O)O)cc1. The lowest BCUT2D eigenvalue weighted by atomic mass is 9.89. The molecule has 2 aromatic carbocycles. The number of nitriles is 5. The van der Waals surface area contributed by atoms with Crippen molar-refractivity contribution in [2.45, 2.75) is 26.7 Å². The fourth-order valence-corrected chi connectivity index (χ4v) is 6.01. The molecule has 0 spiro atoms. The lowest BCUT2D eigenvalue weighted by Crippen LogP contribution is -2.34. The Morgan fingerprint density at radius 3 is 1.97 bits per heavy atom. The van der Waals surface area contributed by atoms with E-state index in [1.165, 1.54) is 60.7 Å². The first-order valence-corrected chi connectivity index (χ1v) is 18.2. The number of carboxylic acid groups (broad SMARTS) is 2. The number of carboxylic acids is 2. The molecule has 0 amide bonds. The van der Waals surface area contributed by atoms with Gasteiger partial charge in [0, 0.05) is 23.4 Å². The van der Waals surface area contributed by atoms with Gasteiger partial charge in [-0.1, -0.05) is 48.6 Å². The van der Waals surface area contributed by atoms with E-state index in [1.54, 1.807) is 49.1 Å². The van der Waals surface area contributed by atoms with Crippen LogP contribution in [0.3, 0.4) is 0 Å². The molecule has 1 aliphatic carbocycles. The molecule has 0 unspecified atom stereocenters. The molecule has 0 atom stereocenters. The summed E-state index contributed by atoms with van der Waals surface area (Å²) in [5, 5.41) is 68.4. The van der Waals surface area contributed by atoms with Crippen molar-refractivity contribution >= 4 is 29.1 Å². The third-order valence-electron chi connectivity index (χ3n) is 8.65. The number of nitrogens with zero attached hydrogens (tertiary/aromatic N) is 7. The summed E-state index contributed by atoms with van der Waals surface area (Å²) in [4.78, 5) is 51.1. The minimum Gasteiger partial charge on any atom is -0.478 e. The molecule has 15 heteroatoms. The maximum Gasteiger partial charge on any atom is 0.335 e. The molecule has 0 fully saturated rings. The number of allylic oxidation sites excluding steroid dienone is 13. The van der Waals surface area contributed by atoms with Crippen molar-refractivity contribution in [3.05, 3.63) is 152 Å². The van der Waals surface area contributed by atoms with Crippen molar-refractivity contribution in [1.29, 1.82) is 26.3 Å². The summed E-state index contributed by atoms with van der Waals surface area (Å²) >= 11 is 0. The van der Waals surface area contributed by atoms with Crippen molar-refractivity contribution in [3.63, 3.8) is 0 Å². The predicted molar refractivity (Wildman–Crippen MR) is 215 cm³/mol. The number of hydrogen-bond acceptors (Lipinski definition) is 12. The maximum absolute atomic E-state index is 12.9. The summed E-state index contributed by atoms with van der Waals surface area (Å²) in [7, 11) is 0. The van der Waals surface area contributed by atoms with Crippen molar-refractivity contribution in [1.82, 2.24) is 4.90 Å². The van der Waals surface area contributed by atoms with Crippen LogP contribution in [0.4, 0.5) is 0 Å². The number of rotatable bonds is 19. The molecule has 0 heterocycles. The van der Waals surface area contributed by atoms with Crippen LogP contribution in [0.25, 0.3) is 16.0 Å². The zero-order chi connectivity index (χ0) is 44.0. The van der Waals surface area contributed by atoms with Gasteiger partial charge >= 0.3 is 17.9 Å². The Hall–Kier alpha value is -8.31. The summed E-state index contributed by atoms with van der Waals surface area (Å²) in [6.45, 7) is 11.4. The van der Waals surface area contributed by atoms with Crippen LogP contribution in [0, 0.1) is 69.1 Å². The van der Waals surface area contributed by atoms with Crippen molar-refractivity contribution in [2.24, 2.45) is 5.92 Å². The first kappa shape index (κ1) is 46.1. The Balaban J connectivity index is 2.24. The van der Waals surface area contributed by atoms with E-state index in [1.807, 2.05) is 24.3 Å². The van der Waals surface area contributed by atoms with E-state index >= 15 is 0 Å². The summed E-state index contributed by atoms with van der Waals surface area (Å²) in [6, 6.07) is 20.5. The maximum atomic E-state index is 12.9. The van der Waals surface area contributed by atoms with Crippen LogP contribution in [0.15, 0.2) is 119 Å². The number of benzene rings is 2. The molecule has 15 nitrogen and oxygen atoms in total. The van der Waals surface area contributed by atoms with E-state index in [2.05, 4.69) is 4.85 Å². The second-order valence-corrected chi connectivity index (χ2v) is 12.3. The number of esters is 1. The van der Waals surface area contributed by atoms with Crippen LogP contribution in [0.1, 0.15) is 58.5 Å². The molecule has 0 radical (unpaired) electrons. The molecule has 300 valence electrons. The van der Waals surface area contributed by atoms with Crippen molar-refractivity contribution in [2.75, 3.05) is 32.9 Å². The first-order valence-electron chi connectivity index (χ1n) is 18.2. The fraction of sp³-hybridized carbons (Fsp3) is 0.222. The minimum atomic E-state index is -1.36. The lowest BCUT2D eigenvalue weighted by molar-refractivity contribution is -0.291. The number of hydrogen-bond donors (Lipinski definition) is 2. The van der Waals surface area contributed by atoms with Crippen LogP contribution in [0.5, 0.6) is 0 Å². The first-order chi connectivity index (χ1) is 29.0.